The van der Waals surface area contributed by atoms with E-state index in [9.17, 15) is 4.79 Å². The van der Waals surface area contributed by atoms with Gasteiger partial charge in [-0.1, -0.05) is 47.5 Å². The number of nitrogens with zero attached hydrogens (tertiary/aromatic N) is 2. The van der Waals surface area contributed by atoms with Crippen LogP contribution in [0.25, 0.3) is 6.08 Å². The van der Waals surface area contributed by atoms with Crippen molar-refractivity contribution in [3.63, 3.8) is 0 Å². The van der Waals surface area contributed by atoms with Crippen LogP contribution in [-0.4, -0.2) is 11.1 Å². The molecule has 29 heavy (non-hydrogen) atoms. The average molecular weight is 439 g/mol. The Balaban J connectivity index is 1.78. The van der Waals surface area contributed by atoms with Gasteiger partial charge in [0.2, 0.25) is 0 Å². The maximum atomic E-state index is 13.3. The highest BCUT2D eigenvalue weighted by molar-refractivity contribution is 8.19. The van der Waals surface area contributed by atoms with Crippen LogP contribution >= 0.6 is 35.0 Å². The Labute approximate surface area is 183 Å². The third-order valence-corrected chi connectivity index (χ3v) is 5.89. The van der Waals surface area contributed by atoms with Crippen LogP contribution in [0, 0.1) is 6.92 Å². The molecule has 1 fully saturated rings. The summed E-state index contributed by atoms with van der Waals surface area (Å²) in [5, 5.41) is 1.83. The molecule has 0 bridgehead atoms. The van der Waals surface area contributed by atoms with E-state index in [1.54, 1.807) is 29.2 Å². The second-order valence-corrected chi connectivity index (χ2v) is 8.34. The number of carbonyl (C=O) groups is 1. The molecule has 144 valence electrons. The van der Waals surface area contributed by atoms with Gasteiger partial charge in [-0.25, -0.2) is 4.99 Å². The van der Waals surface area contributed by atoms with Crippen LogP contribution in [-0.2, 0) is 4.79 Å². The molecule has 0 spiro atoms. The summed E-state index contributed by atoms with van der Waals surface area (Å²) >= 11 is 13.4. The number of thioether (sulfide) groups is 1. The smallest absolute Gasteiger partial charge is 0.268 e. The van der Waals surface area contributed by atoms with E-state index in [0.717, 1.165) is 16.8 Å². The molecule has 0 atom stereocenters. The van der Waals surface area contributed by atoms with Gasteiger partial charge in [0, 0.05) is 10.0 Å². The number of carbonyl (C=O) groups excluding carboxylic acids is 1. The summed E-state index contributed by atoms with van der Waals surface area (Å²) in [6, 6.07) is 22.3. The molecule has 3 nitrogen and oxygen atoms in total. The van der Waals surface area contributed by atoms with Crippen molar-refractivity contribution in [2.45, 2.75) is 6.92 Å². The lowest BCUT2D eigenvalue weighted by Crippen LogP contribution is -2.28. The molecule has 0 aliphatic carbocycles. The van der Waals surface area contributed by atoms with Crippen LogP contribution < -0.4 is 4.90 Å². The van der Waals surface area contributed by atoms with Gasteiger partial charge in [-0.05, 0) is 84.4 Å². The summed E-state index contributed by atoms with van der Waals surface area (Å²) in [7, 11) is 0. The SMILES string of the molecule is Cc1ccccc1/C=C1\SC(=Nc2ccc(Cl)cc2)N(c2ccc(Cl)cc2)C1=O. The summed E-state index contributed by atoms with van der Waals surface area (Å²) in [5.41, 5.74) is 3.55. The fraction of sp³-hybridized carbons (Fsp3) is 0.0435. The number of halogens is 2. The molecule has 3 aromatic rings. The van der Waals surface area contributed by atoms with Crippen molar-refractivity contribution in [1.82, 2.24) is 0 Å². The van der Waals surface area contributed by atoms with Crippen molar-refractivity contribution in [3.8, 4) is 0 Å². The molecule has 1 heterocycles. The van der Waals surface area contributed by atoms with Crippen molar-refractivity contribution < 1.29 is 4.79 Å². The lowest BCUT2D eigenvalue weighted by molar-refractivity contribution is -0.113. The maximum absolute atomic E-state index is 13.3. The molecule has 4 rings (SSSR count). The van der Waals surface area contributed by atoms with Gasteiger partial charge in [0.25, 0.3) is 5.91 Å². The Morgan fingerprint density at radius 2 is 1.52 bits per heavy atom. The average Bonchev–Trinajstić information content (AvgIpc) is 3.01. The topological polar surface area (TPSA) is 32.7 Å². The van der Waals surface area contributed by atoms with Crippen molar-refractivity contribution in [1.29, 1.82) is 0 Å². The van der Waals surface area contributed by atoms with Gasteiger partial charge in [0.15, 0.2) is 5.17 Å². The van der Waals surface area contributed by atoms with Crippen molar-refractivity contribution in [3.05, 3.63) is 98.9 Å². The number of anilines is 1. The Morgan fingerprint density at radius 1 is 0.897 bits per heavy atom. The van der Waals surface area contributed by atoms with Crippen LogP contribution in [0.3, 0.4) is 0 Å². The number of benzene rings is 3. The van der Waals surface area contributed by atoms with E-state index in [1.165, 1.54) is 11.8 Å². The summed E-state index contributed by atoms with van der Waals surface area (Å²) in [6.07, 6.45) is 1.91. The fourth-order valence-corrected chi connectivity index (χ4v) is 4.13. The third-order valence-electron chi connectivity index (χ3n) is 4.42. The number of aliphatic imine (C=N–C) groups is 1. The number of amides is 1. The first-order chi connectivity index (χ1) is 14.0. The first kappa shape index (κ1) is 19.8. The van der Waals surface area contributed by atoms with Gasteiger partial charge in [-0.2, -0.15) is 0 Å². The minimum Gasteiger partial charge on any atom is -0.268 e. The third kappa shape index (κ3) is 4.40. The fourth-order valence-electron chi connectivity index (χ4n) is 2.88. The van der Waals surface area contributed by atoms with Gasteiger partial charge in [0.05, 0.1) is 16.3 Å². The Hall–Kier alpha value is -2.53. The number of amidine groups is 1. The van der Waals surface area contributed by atoms with Gasteiger partial charge >= 0.3 is 0 Å². The largest absolute Gasteiger partial charge is 0.271 e. The van der Waals surface area contributed by atoms with Crippen LogP contribution in [0.5, 0.6) is 0 Å². The van der Waals surface area contributed by atoms with E-state index >= 15 is 0 Å². The van der Waals surface area contributed by atoms with Gasteiger partial charge < -0.3 is 0 Å². The van der Waals surface area contributed by atoms with Crippen molar-refractivity contribution in [2.75, 3.05) is 4.90 Å². The quantitative estimate of drug-likeness (QED) is 0.408. The first-order valence-electron chi connectivity index (χ1n) is 8.91. The standard InChI is InChI=1S/C23H16Cl2N2OS/c1-15-4-2-3-5-16(15)14-21-22(28)27(20-12-8-18(25)9-13-20)23(29-21)26-19-10-6-17(24)7-11-19/h2-14H,1H3/b21-14-,26-23?. The van der Waals surface area contributed by atoms with E-state index in [2.05, 4.69) is 0 Å². The van der Waals surface area contributed by atoms with Crippen LogP contribution in [0.2, 0.25) is 10.0 Å². The van der Waals surface area contributed by atoms with Crippen molar-refractivity contribution >= 4 is 63.5 Å². The lowest BCUT2D eigenvalue weighted by atomic mass is 10.1. The molecule has 0 saturated carbocycles. The number of hydrogen-bond acceptors (Lipinski definition) is 3. The normalized spacial score (nSPS) is 16.8. The van der Waals surface area contributed by atoms with Crippen LogP contribution in [0.4, 0.5) is 11.4 Å². The number of aryl methyl sites for hydroxylation is 1. The monoisotopic (exact) mass is 438 g/mol. The highest BCUT2D eigenvalue weighted by Gasteiger charge is 2.34. The zero-order valence-corrected chi connectivity index (χ0v) is 17.8. The highest BCUT2D eigenvalue weighted by atomic mass is 35.5. The number of rotatable bonds is 3. The predicted octanol–water partition coefficient (Wildman–Crippen LogP) is 7.11. The zero-order valence-electron chi connectivity index (χ0n) is 15.5. The first-order valence-corrected chi connectivity index (χ1v) is 10.5. The second kappa shape index (κ2) is 8.46. The van der Waals surface area contributed by atoms with Crippen LogP contribution in [0.15, 0.2) is 82.7 Å². The van der Waals surface area contributed by atoms with E-state index in [0.29, 0.717) is 25.8 Å². The second-order valence-electron chi connectivity index (χ2n) is 6.46. The Kier molecular flexibility index (Phi) is 5.76. The molecule has 0 unspecified atom stereocenters. The van der Waals surface area contributed by atoms with Crippen LogP contribution in [0.1, 0.15) is 11.1 Å². The van der Waals surface area contributed by atoms with E-state index in [1.807, 2.05) is 61.5 Å². The molecule has 1 saturated heterocycles. The predicted molar refractivity (Wildman–Crippen MR) is 124 cm³/mol. The summed E-state index contributed by atoms with van der Waals surface area (Å²) in [6.45, 7) is 2.02. The zero-order chi connectivity index (χ0) is 20.4. The van der Waals surface area contributed by atoms with E-state index < -0.39 is 0 Å². The molecule has 3 aromatic carbocycles. The van der Waals surface area contributed by atoms with Gasteiger partial charge in [-0.15, -0.1) is 0 Å². The molecule has 6 heteroatoms. The lowest BCUT2D eigenvalue weighted by Gasteiger charge is -2.15. The molecule has 0 N–H and O–H groups in total. The summed E-state index contributed by atoms with van der Waals surface area (Å²) in [4.78, 5) is 20.2. The summed E-state index contributed by atoms with van der Waals surface area (Å²) in [5.74, 6) is -0.117. The Morgan fingerprint density at radius 3 is 2.17 bits per heavy atom. The molecule has 1 amide bonds. The number of hydrogen-bond donors (Lipinski definition) is 0. The molecule has 0 aromatic heterocycles. The van der Waals surface area contributed by atoms with E-state index in [4.69, 9.17) is 28.2 Å². The van der Waals surface area contributed by atoms with Crippen molar-refractivity contribution in [2.24, 2.45) is 4.99 Å². The maximum Gasteiger partial charge on any atom is 0.271 e. The Bertz CT molecular complexity index is 1120. The minimum absolute atomic E-state index is 0.117. The van der Waals surface area contributed by atoms with E-state index in [-0.39, 0.29) is 5.91 Å². The molecule has 0 radical (unpaired) electrons. The minimum atomic E-state index is -0.117. The summed E-state index contributed by atoms with van der Waals surface area (Å²) < 4.78 is 0. The highest BCUT2D eigenvalue weighted by Crippen LogP contribution is 2.38. The van der Waals surface area contributed by atoms with Gasteiger partial charge in [0.1, 0.15) is 0 Å². The van der Waals surface area contributed by atoms with Gasteiger partial charge in [-0.3, -0.25) is 9.69 Å². The molecule has 1 aliphatic heterocycles. The molecule has 1 aliphatic rings. The molecular weight excluding hydrogens is 423 g/mol. The molecular formula is C23H16Cl2N2OS.